The van der Waals surface area contributed by atoms with E-state index in [2.05, 4.69) is 11.9 Å². The van der Waals surface area contributed by atoms with Gasteiger partial charge in [0.15, 0.2) is 0 Å². The maximum Gasteiger partial charge on any atom is 0.417 e. The maximum absolute atomic E-state index is 11.0. The van der Waals surface area contributed by atoms with Gasteiger partial charge in [0, 0.05) is 42.2 Å². The predicted molar refractivity (Wildman–Crippen MR) is 87.1 cm³/mol. The van der Waals surface area contributed by atoms with Gasteiger partial charge in [0.05, 0.1) is 5.69 Å². The molecule has 0 saturated carbocycles. The minimum Gasteiger partial charge on any atom is -0.464 e. The van der Waals surface area contributed by atoms with E-state index in [1.165, 1.54) is 55.9 Å². The van der Waals surface area contributed by atoms with Gasteiger partial charge in [-0.25, -0.2) is 14.3 Å². The number of carbonyl (C=O) groups is 1. The van der Waals surface area contributed by atoms with E-state index in [1.54, 1.807) is 6.20 Å². The van der Waals surface area contributed by atoms with Crippen molar-refractivity contribution in [2.75, 3.05) is 0 Å². The second kappa shape index (κ2) is 12.2. The van der Waals surface area contributed by atoms with Crippen LogP contribution in [0.1, 0.15) is 76.2 Å². The Morgan fingerprint density at radius 2 is 1.62 bits per heavy atom. The smallest absolute Gasteiger partial charge is 0.417 e. The number of aromatic nitrogens is 2. The zero-order valence-corrected chi connectivity index (χ0v) is 15.9. The molecular formula is C16H28N2NaO2. The fourth-order valence-electron chi connectivity index (χ4n) is 2.48. The largest absolute Gasteiger partial charge is 0.464 e. The van der Waals surface area contributed by atoms with E-state index in [1.807, 2.05) is 6.92 Å². The third-order valence-corrected chi connectivity index (χ3v) is 3.61. The number of carboxylic acid groups (broad SMARTS) is 1. The molecule has 0 aliphatic heterocycles. The van der Waals surface area contributed by atoms with Gasteiger partial charge in [0.25, 0.3) is 0 Å². The third kappa shape index (κ3) is 8.64. The van der Waals surface area contributed by atoms with Crippen molar-refractivity contribution < 1.29 is 9.90 Å². The number of hydrogen-bond donors (Lipinski definition) is 1. The number of rotatable bonds is 10. The van der Waals surface area contributed by atoms with Crippen LogP contribution in [-0.2, 0) is 6.42 Å². The molecule has 1 aromatic heterocycles. The van der Waals surface area contributed by atoms with Crippen molar-refractivity contribution in [2.24, 2.45) is 0 Å². The number of nitrogens with zero attached hydrogens (tertiary/aromatic N) is 2. The van der Waals surface area contributed by atoms with E-state index >= 15 is 0 Å². The van der Waals surface area contributed by atoms with Crippen molar-refractivity contribution in [3.8, 4) is 0 Å². The van der Waals surface area contributed by atoms with Crippen molar-refractivity contribution in [1.82, 2.24) is 9.55 Å². The van der Waals surface area contributed by atoms with Crippen LogP contribution in [0.4, 0.5) is 4.79 Å². The SMILES string of the molecule is CCCCCCCCCCCc1nc(C)cn1C(=O)O.[Na]. The first-order valence-corrected chi connectivity index (χ1v) is 7.93. The maximum atomic E-state index is 11.0. The monoisotopic (exact) mass is 303 g/mol. The van der Waals surface area contributed by atoms with E-state index in [0.717, 1.165) is 18.5 Å². The van der Waals surface area contributed by atoms with Gasteiger partial charge in [-0.05, 0) is 13.3 Å². The quantitative estimate of drug-likeness (QED) is 0.514. The Bertz CT molecular complexity index is 405. The molecule has 1 heterocycles. The Labute approximate surface area is 150 Å². The molecular weight excluding hydrogens is 275 g/mol. The van der Waals surface area contributed by atoms with Gasteiger partial charge in [-0.3, -0.25) is 0 Å². The van der Waals surface area contributed by atoms with Crippen LogP contribution in [0.2, 0.25) is 0 Å². The Balaban J connectivity index is 0.00000400. The molecule has 0 atom stereocenters. The molecule has 21 heavy (non-hydrogen) atoms. The molecule has 0 aromatic carbocycles. The van der Waals surface area contributed by atoms with Crippen LogP contribution in [0.15, 0.2) is 6.20 Å². The fraction of sp³-hybridized carbons (Fsp3) is 0.750. The summed E-state index contributed by atoms with van der Waals surface area (Å²) < 4.78 is 1.25. The summed E-state index contributed by atoms with van der Waals surface area (Å²) in [5, 5.41) is 9.05. The first-order chi connectivity index (χ1) is 9.65. The minimum absolute atomic E-state index is 0. The normalized spacial score (nSPS) is 10.4. The number of hydrogen-bond acceptors (Lipinski definition) is 2. The molecule has 0 saturated heterocycles. The van der Waals surface area contributed by atoms with Crippen LogP contribution in [0, 0.1) is 6.92 Å². The predicted octanol–water partition coefficient (Wildman–Crippen LogP) is 4.41. The van der Waals surface area contributed by atoms with Crippen molar-refractivity contribution in [1.29, 1.82) is 0 Å². The van der Waals surface area contributed by atoms with Gasteiger partial charge in [0.1, 0.15) is 5.82 Å². The van der Waals surface area contributed by atoms with Crippen molar-refractivity contribution in [2.45, 2.75) is 78.1 Å². The van der Waals surface area contributed by atoms with Gasteiger partial charge in [0.2, 0.25) is 0 Å². The summed E-state index contributed by atoms with van der Waals surface area (Å²) in [5.74, 6) is 0.679. The first kappa shape index (κ1) is 20.7. The van der Waals surface area contributed by atoms with Crippen molar-refractivity contribution in [3.63, 3.8) is 0 Å². The summed E-state index contributed by atoms with van der Waals surface area (Å²) in [6.45, 7) is 4.07. The van der Waals surface area contributed by atoms with Gasteiger partial charge in [-0.15, -0.1) is 0 Å². The van der Waals surface area contributed by atoms with E-state index in [0.29, 0.717) is 5.82 Å². The van der Waals surface area contributed by atoms with Gasteiger partial charge >= 0.3 is 6.09 Å². The average molecular weight is 303 g/mol. The summed E-state index contributed by atoms with van der Waals surface area (Å²) in [6.07, 6.45) is 12.9. The molecule has 1 radical (unpaired) electrons. The summed E-state index contributed by atoms with van der Waals surface area (Å²) in [6, 6.07) is 0. The molecule has 0 unspecified atom stereocenters. The molecule has 0 spiro atoms. The topological polar surface area (TPSA) is 55.1 Å². The van der Waals surface area contributed by atoms with Crippen molar-refractivity contribution in [3.05, 3.63) is 17.7 Å². The van der Waals surface area contributed by atoms with Crippen LogP contribution < -0.4 is 0 Å². The first-order valence-electron chi connectivity index (χ1n) is 7.93. The molecule has 115 valence electrons. The summed E-state index contributed by atoms with van der Waals surface area (Å²) in [7, 11) is 0. The van der Waals surface area contributed by atoms with E-state index in [-0.39, 0.29) is 29.6 Å². The van der Waals surface area contributed by atoms with Crippen molar-refractivity contribution >= 4 is 35.7 Å². The van der Waals surface area contributed by atoms with Crippen LogP contribution in [0.3, 0.4) is 0 Å². The zero-order chi connectivity index (χ0) is 14.8. The molecule has 4 nitrogen and oxygen atoms in total. The Morgan fingerprint density at radius 1 is 1.10 bits per heavy atom. The van der Waals surface area contributed by atoms with Crippen LogP contribution in [0.5, 0.6) is 0 Å². The standard InChI is InChI=1S/C16H28N2O2.Na/c1-3-4-5-6-7-8-9-10-11-12-15-17-14(2)13-18(15)16(19)20;/h13H,3-12H2,1-2H3,(H,19,20);. The molecule has 0 aliphatic rings. The molecule has 1 aromatic rings. The Kier molecular flexibility index (Phi) is 12.1. The number of unbranched alkanes of at least 4 members (excludes halogenated alkanes) is 8. The summed E-state index contributed by atoms with van der Waals surface area (Å²) in [5.41, 5.74) is 0.776. The molecule has 1 N–H and O–H groups in total. The molecule has 0 aliphatic carbocycles. The van der Waals surface area contributed by atoms with Crippen LogP contribution >= 0.6 is 0 Å². The number of imidazole rings is 1. The average Bonchev–Trinajstić information content (AvgIpc) is 2.78. The van der Waals surface area contributed by atoms with E-state index in [9.17, 15) is 4.79 Å². The minimum atomic E-state index is -0.934. The fourth-order valence-corrected chi connectivity index (χ4v) is 2.48. The van der Waals surface area contributed by atoms with E-state index in [4.69, 9.17) is 5.11 Å². The van der Waals surface area contributed by atoms with Gasteiger partial charge < -0.3 is 5.11 Å². The van der Waals surface area contributed by atoms with Crippen LogP contribution in [-0.4, -0.2) is 50.3 Å². The van der Waals surface area contributed by atoms with E-state index < -0.39 is 6.09 Å². The second-order valence-corrected chi connectivity index (χ2v) is 5.53. The van der Waals surface area contributed by atoms with Gasteiger partial charge in [-0.1, -0.05) is 58.3 Å². The Hall–Kier alpha value is -0.320. The van der Waals surface area contributed by atoms with Crippen LogP contribution in [0.25, 0.3) is 0 Å². The molecule has 1 rings (SSSR count). The zero-order valence-electron chi connectivity index (χ0n) is 13.9. The second-order valence-electron chi connectivity index (χ2n) is 5.53. The Morgan fingerprint density at radius 3 is 2.14 bits per heavy atom. The van der Waals surface area contributed by atoms with Gasteiger partial charge in [-0.2, -0.15) is 0 Å². The molecule has 0 bridgehead atoms. The third-order valence-electron chi connectivity index (χ3n) is 3.61. The number of aryl methyl sites for hydroxylation is 2. The molecule has 0 fully saturated rings. The summed E-state index contributed by atoms with van der Waals surface area (Å²) in [4.78, 5) is 15.3. The molecule has 5 heteroatoms. The summed E-state index contributed by atoms with van der Waals surface area (Å²) >= 11 is 0. The molecule has 0 amide bonds.